The van der Waals surface area contributed by atoms with E-state index in [4.69, 9.17) is 0 Å². The van der Waals surface area contributed by atoms with Crippen LogP contribution in [0.15, 0.2) is 17.6 Å². The molecule has 1 amide bonds. The number of hydrogen-bond donors (Lipinski definition) is 0. The van der Waals surface area contributed by atoms with E-state index in [1.54, 1.807) is 0 Å². The molecule has 7 heteroatoms. The Morgan fingerprint density at radius 3 is 2.84 bits per heavy atom. The third kappa shape index (κ3) is 3.15. The first-order valence-corrected chi connectivity index (χ1v) is 8.29. The number of sulfone groups is 1. The number of rotatable bonds is 3. The minimum atomic E-state index is -3.40. The second kappa shape index (κ2) is 5.32. The van der Waals surface area contributed by atoms with Crippen LogP contribution in [0.3, 0.4) is 0 Å². The van der Waals surface area contributed by atoms with E-state index < -0.39 is 9.84 Å². The van der Waals surface area contributed by atoms with Crippen molar-refractivity contribution < 1.29 is 13.2 Å². The average molecular weight is 285 g/mol. The highest BCUT2D eigenvalue weighted by Crippen LogP contribution is 2.17. The molecule has 6 nitrogen and oxygen atoms in total. The molecule has 1 fully saturated rings. The van der Waals surface area contributed by atoms with Gasteiger partial charge in [-0.2, -0.15) is 0 Å². The molecule has 1 aliphatic heterocycles. The summed E-state index contributed by atoms with van der Waals surface area (Å²) in [6, 6.07) is 0.228. The molecule has 1 aliphatic rings. The monoisotopic (exact) mass is 285 g/mol. The fraction of sp³-hybridized carbons (Fsp3) is 0.667. The quantitative estimate of drug-likeness (QED) is 0.819. The van der Waals surface area contributed by atoms with Crippen LogP contribution in [0.1, 0.15) is 26.2 Å². The summed E-state index contributed by atoms with van der Waals surface area (Å²) >= 11 is 0. The van der Waals surface area contributed by atoms with Crippen LogP contribution >= 0.6 is 0 Å². The Morgan fingerprint density at radius 2 is 2.21 bits per heavy atom. The molecule has 1 saturated heterocycles. The molecular weight excluding hydrogens is 266 g/mol. The Morgan fingerprint density at radius 1 is 1.47 bits per heavy atom. The Kier molecular flexibility index (Phi) is 3.93. The first kappa shape index (κ1) is 14.0. The topological polar surface area (TPSA) is 72.3 Å². The summed E-state index contributed by atoms with van der Waals surface area (Å²) in [6.07, 6.45) is 7.20. The molecule has 1 unspecified atom stereocenters. The lowest BCUT2D eigenvalue weighted by molar-refractivity contribution is -0.135. The predicted molar refractivity (Wildman–Crippen MR) is 70.4 cm³/mol. The van der Waals surface area contributed by atoms with E-state index in [-0.39, 0.29) is 23.7 Å². The van der Waals surface area contributed by atoms with Gasteiger partial charge in [-0.1, -0.05) is 0 Å². The fourth-order valence-corrected chi connectivity index (χ4v) is 3.25. The normalized spacial score (nSPS) is 20.5. The number of imidazole rings is 1. The molecule has 1 aromatic rings. The number of amides is 1. The van der Waals surface area contributed by atoms with Gasteiger partial charge in [0.25, 0.3) is 0 Å². The largest absolute Gasteiger partial charge is 0.338 e. The van der Waals surface area contributed by atoms with Crippen molar-refractivity contribution in [2.24, 2.45) is 0 Å². The van der Waals surface area contributed by atoms with Gasteiger partial charge in [0.1, 0.15) is 6.54 Å². The molecule has 0 aromatic carbocycles. The zero-order chi connectivity index (χ0) is 14.0. The highest BCUT2D eigenvalue weighted by molar-refractivity contribution is 7.90. The summed E-state index contributed by atoms with van der Waals surface area (Å²) in [7, 11) is -3.40. The third-order valence-corrected chi connectivity index (χ3v) is 4.44. The van der Waals surface area contributed by atoms with Gasteiger partial charge < -0.3 is 9.47 Å². The van der Waals surface area contributed by atoms with Crippen LogP contribution in [0.2, 0.25) is 0 Å². The summed E-state index contributed by atoms with van der Waals surface area (Å²) in [5.41, 5.74) is 0. The number of aromatic nitrogens is 2. The van der Waals surface area contributed by atoms with Gasteiger partial charge in [0.2, 0.25) is 20.9 Å². The molecule has 1 aromatic heterocycles. The Labute approximate surface area is 113 Å². The molecule has 106 valence electrons. The van der Waals surface area contributed by atoms with Crippen LogP contribution in [0.4, 0.5) is 0 Å². The van der Waals surface area contributed by atoms with Crippen molar-refractivity contribution in [1.82, 2.24) is 14.5 Å². The molecular formula is C12H19N3O3S. The molecule has 19 heavy (non-hydrogen) atoms. The van der Waals surface area contributed by atoms with Crippen molar-refractivity contribution >= 4 is 15.7 Å². The number of hydrogen-bond acceptors (Lipinski definition) is 4. The van der Waals surface area contributed by atoms with Crippen molar-refractivity contribution in [3.8, 4) is 0 Å². The molecule has 2 rings (SSSR count). The maximum absolute atomic E-state index is 12.2. The van der Waals surface area contributed by atoms with Gasteiger partial charge in [0.05, 0.1) is 0 Å². The van der Waals surface area contributed by atoms with Gasteiger partial charge in [-0.05, 0) is 26.2 Å². The van der Waals surface area contributed by atoms with E-state index in [0.717, 1.165) is 32.1 Å². The minimum Gasteiger partial charge on any atom is -0.338 e. The van der Waals surface area contributed by atoms with Gasteiger partial charge in [-0.25, -0.2) is 13.4 Å². The summed E-state index contributed by atoms with van der Waals surface area (Å²) in [5, 5.41) is -0.0505. The second-order valence-electron chi connectivity index (χ2n) is 5.04. The Hall–Kier alpha value is -1.37. The Balaban J connectivity index is 2.13. The van der Waals surface area contributed by atoms with Gasteiger partial charge in [-0.15, -0.1) is 0 Å². The number of carbonyl (C=O) groups is 1. The lowest BCUT2D eigenvalue weighted by atomic mass is 10.0. The molecule has 0 spiro atoms. The smallest absolute Gasteiger partial charge is 0.242 e. The lowest BCUT2D eigenvalue weighted by Gasteiger charge is -2.33. The number of piperidine rings is 1. The standard InChI is InChI=1S/C12H19N3O3S/c1-10-5-3-4-7-15(10)11(16)9-14-8-6-13-12(14)19(2,17)18/h6,8,10H,3-5,7,9H2,1-2H3. The van der Waals surface area contributed by atoms with E-state index in [9.17, 15) is 13.2 Å². The second-order valence-corrected chi connectivity index (χ2v) is 6.95. The van der Waals surface area contributed by atoms with Crippen molar-refractivity contribution in [2.75, 3.05) is 12.8 Å². The van der Waals surface area contributed by atoms with Gasteiger partial charge in [0, 0.05) is 31.2 Å². The zero-order valence-electron chi connectivity index (χ0n) is 11.2. The molecule has 0 bridgehead atoms. The summed E-state index contributed by atoms with van der Waals surface area (Å²) in [5.74, 6) is -0.0462. The maximum atomic E-state index is 12.2. The average Bonchev–Trinajstić information content (AvgIpc) is 2.77. The SMILES string of the molecule is CC1CCCCN1C(=O)Cn1ccnc1S(C)(=O)=O. The van der Waals surface area contributed by atoms with Gasteiger partial charge in [-0.3, -0.25) is 4.79 Å². The molecule has 0 saturated carbocycles. The first-order chi connectivity index (χ1) is 8.89. The van der Waals surface area contributed by atoms with E-state index in [1.807, 2.05) is 11.8 Å². The van der Waals surface area contributed by atoms with Crippen molar-refractivity contribution in [3.63, 3.8) is 0 Å². The molecule has 1 atom stereocenters. The van der Waals surface area contributed by atoms with Crippen LogP contribution in [-0.2, 0) is 21.2 Å². The van der Waals surface area contributed by atoms with E-state index in [2.05, 4.69) is 4.98 Å². The highest BCUT2D eigenvalue weighted by atomic mass is 32.2. The third-order valence-electron chi connectivity index (χ3n) is 3.44. The molecule has 0 radical (unpaired) electrons. The van der Waals surface area contributed by atoms with Crippen molar-refractivity contribution in [1.29, 1.82) is 0 Å². The first-order valence-electron chi connectivity index (χ1n) is 6.40. The maximum Gasteiger partial charge on any atom is 0.242 e. The molecule has 0 N–H and O–H groups in total. The van der Waals surface area contributed by atoms with Gasteiger partial charge in [0.15, 0.2) is 0 Å². The van der Waals surface area contributed by atoms with Crippen molar-refractivity contribution in [3.05, 3.63) is 12.4 Å². The summed E-state index contributed by atoms with van der Waals surface area (Å²) in [6.45, 7) is 2.82. The van der Waals surface area contributed by atoms with Crippen LogP contribution in [-0.4, -0.2) is 47.6 Å². The fourth-order valence-electron chi connectivity index (χ4n) is 2.45. The van der Waals surface area contributed by atoms with Crippen LogP contribution in [0.25, 0.3) is 0 Å². The molecule has 0 aliphatic carbocycles. The summed E-state index contributed by atoms with van der Waals surface area (Å²) < 4.78 is 24.5. The number of carbonyl (C=O) groups excluding carboxylic acids is 1. The number of likely N-dealkylation sites (tertiary alicyclic amines) is 1. The van der Waals surface area contributed by atoms with Crippen molar-refractivity contribution in [2.45, 2.75) is 43.9 Å². The van der Waals surface area contributed by atoms with E-state index in [1.165, 1.54) is 17.0 Å². The zero-order valence-corrected chi connectivity index (χ0v) is 12.1. The summed E-state index contributed by atoms with van der Waals surface area (Å²) in [4.78, 5) is 17.9. The minimum absolute atomic E-state index is 0.0345. The van der Waals surface area contributed by atoms with E-state index in [0.29, 0.717) is 0 Å². The highest BCUT2D eigenvalue weighted by Gasteiger charge is 2.24. The Bertz CT molecular complexity index is 565. The number of nitrogens with zero attached hydrogens (tertiary/aromatic N) is 3. The van der Waals surface area contributed by atoms with Crippen LogP contribution in [0.5, 0.6) is 0 Å². The van der Waals surface area contributed by atoms with Crippen LogP contribution < -0.4 is 0 Å². The molecule has 2 heterocycles. The van der Waals surface area contributed by atoms with Crippen LogP contribution in [0, 0.1) is 0 Å². The van der Waals surface area contributed by atoms with E-state index >= 15 is 0 Å². The predicted octanol–water partition coefficient (Wildman–Crippen LogP) is 0.688. The lowest BCUT2D eigenvalue weighted by Crippen LogP contribution is -2.43. The van der Waals surface area contributed by atoms with Gasteiger partial charge >= 0.3 is 0 Å².